The molecule has 0 aromatic heterocycles. The molecule has 0 saturated heterocycles. The van der Waals surface area contributed by atoms with Gasteiger partial charge in [0.05, 0.1) is 0 Å². The Balaban J connectivity index is 4.26. The molecule has 0 aromatic carbocycles. The Labute approximate surface area is 88.6 Å². The molecule has 0 aliphatic rings. The lowest BCUT2D eigenvalue weighted by Crippen LogP contribution is -2.34. The van der Waals surface area contributed by atoms with Crippen LogP contribution in [0.3, 0.4) is 0 Å². The fraction of sp³-hybridized carbons (Fsp3) is 0.667. The number of hydrogen-bond donors (Lipinski definition) is 1. The Morgan fingerprint density at radius 2 is 1.67 bits per heavy atom. The van der Waals surface area contributed by atoms with Crippen LogP contribution in [0.2, 0.25) is 0 Å². The van der Waals surface area contributed by atoms with E-state index < -0.39 is 11.9 Å². The van der Waals surface area contributed by atoms with Crippen molar-refractivity contribution in [1.82, 2.24) is 5.23 Å². The maximum absolute atomic E-state index is 10.7. The van der Waals surface area contributed by atoms with Crippen molar-refractivity contribution >= 4 is 17.8 Å². The average molecular weight is 216 g/mol. The van der Waals surface area contributed by atoms with Gasteiger partial charge in [-0.15, -0.1) is 0 Å². The highest BCUT2D eigenvalue weighted by Crippen LogP contribution is 2.03. The number of carbonyl (C=O) groups is 2. The van der Waals surface area contributed by atoms with Crippen LogP contribution in [0.5, 0.6) is 0 Å². The minimum Gasteiger partial charge on any atom is -0.305 e. The highest BCUT2D eigenvalue weighted by Gasteiger charge is 2.16. The number of hydrogen-bond acceptors (Lipinski definition) is 5. The van der Waals surface area contributed by atoms with E-state index in [2.05, 4.69) is 9.68 Å². The van der Waals surface area contributed by atoms with Crippen LogP contribution in [0.15, 0.2) is 0 Å². The second-order valence-electron chi connectivity index (χ2n) is 2.97. The molecule has 0 saturated carbocycles. The summed E-state index contributed by atoms with van der Waals surface area (Å²) in [6.07, 6.45) is 2.05. The van der Waals surface area contributed by atoms with Gasteiger partial charge in [0, 0.05) is 20.3 Å². The first-order valence-corrected chi connectivity index (χ1v) is 4.72. The summed E-state index contributed by atoms with van der Waals surface area (Å²) in [4.78, 5) is 30.4. The van der Waals surface area contributed by atoms with Gasteiger partial charge in [0.2, 0.25) is 0 Å². The number of nitrogens with one attached hydrogen (secondary N) is 1. The molecule has 0 aliphatic heterocycles. The monoisotopic (exact) mass is 216 g/mol. The number of amidine groups is 1. The summed E-state index contributed by atoms with van der Waals surface area (Å²) in [5.74, 6) is -1.34. The van der Waals surface area contributed by atoms with Gasteiger partial charge in [-0.05, 0) is 11.6 Å². The van der Waals surface area contributed by atoms with Crippen molar-refractivity contribution in [2.45, 2.75) is 40.0 Å². The van der Waals surface area contributed by atoms with Crippen molar-refractivity contribution in [3.05, 3.63) is 0 Å². The van der Waals surface area contributed by atoms with E-state index in [9.17, 15) is 9.59 Å². The Hall–Kier alpha value is -1.59. The second kappa shape index (κ2) is 6.80. The maximum atomic E-state index is 10.7. The van der Waals surface area contributed by atoms with E-state index in [0.29, 0.717) is 11.6 Å². The molecule has 0 amide bonds. The third-order valence-electron chi connectivity index (χ3n) is 1.41. The normalized spacial score (nSPS) is 9.27. The van der Waals surface area contributed by atoms with Gasteiger partial charge in [-0.2, -0.15) is 0 Å². The van der Waals surface area contributed by atoms with Crippen LogP contribution in [0, 0.1) is 5.41 Å². The zero-order chi connectivity index (χ0) is 11.8. The molecule has 0 unspecified atom stereocenters. The van der Waals surface area contributed by atoms with Crippen LogP contribution < -0.4 is 0 Å². The molecule has 0 bridgehead atoms. The SMILES string of the molecule is CCCCC(=N)N(OC(C)=O)OC(C)=O. The Kier molecular flexibility index (Phi) is 6.08. The van der Waals surface area contributed by atoms with Gasteiger partial charge in [-0.1, -0.05) is 13.3 Å². The van der Waals surface area contributed by atoms with E-state index in [0.717, 1.165) is 12.8 Å². The quantitative estimate of drug-likeness (QED) is 0.438. The fourth-order valence-corrected chi connectivity index (χ4v) is 0.798. The van der Waals surface area contributed by atoms with Crippen molar-refractivity contribution < 1.29 is 19.3 Å². The maximum Gasteiger partial charge on any atom is 0.333 e. The van der Waals surface area contributed by atoms with Gasteiger partial charge in [0.1, 0.15) is 0 Å². The molecular formula is C9H16N2O4. The van der Waals surface area contributed by atoms with E-state index in [1.54, 1.807) is 0 Å². The lowest BCUT2D eigenvalue weighted by molar-refractivity contribution is -0.280. The van der Waals surface area contributed by atoms with Gasteiger partial charge < -0.3 is 9.68 Å². The molecule has 6 heteroatoms. The largest absolute Gasteiger partial charge is 0.333 e. The highest BCUT2D eigenvalue weighted by atomic mass is 17.0. The summed E-state index contributed by atoms with van der Waals surface area (Å²) in [7, 11) is 0. The molecule has 0 fully saturated rings. The molecule has 15 heavy (non-hydrogen) atoms. The van der Waals surface area contributed by atoms with E-state index in [-0.39, 0.29) is 5.84 Å². The van der Waals surface area contributed by atoms with E-state index >= 15 is 0 Å². The topological polar surface area (TPSA) is 79.7 Å². The van der Waals surface area contributed by atoms with Crippen LogP contribution in [0.4, 0.5) is 0 Å². The van der Waals surface area contributed by atoms with Gasteiger partial charge in [0.25, 0.3) is 0 Å². The predicted octanol–water partition coefficient (Wildman–Crippen LogP) is 1.41. The Morgan fingerprint density at radius 3 is 2.00 bits per heavy atom. The van der Waals surface area contributed by atoms with Crippen molar-refractivity contribution in [2.75, 3.05) is 0 Å². The second-order valence-corrected chi connectivity index (χ2v) is 2.97. The Bertz CT molecular complexity index is 236. The Morgan fingerprint density at radius 1 is 1.20 bits per heavy atom. The zero-order valence-electron chi connectivity index (χ0n) is 9.20. The molecule has 0 heterocycles. The third-order valence-corrected chi connectivity index (χ3v) is 1.41. The standard InChI is InChI=1S/C9H16N2O4/c1-4-5-6-9(10)11(14-7(2)12)15-8(3)13/h10H,4-6H2,1-3H3. The molecule has 0 radical (unpaired) electrons. The first-order valence-electron chi connectivity index (χ1n) is 4.72. The smallest absolute Gasteiger partial charge is 0.305 e. The minimum absolute atomic E-state index is 0.0535. The van der Waals surface area contributed by atoms with Gasteiger partial charge in [-0.25, -0.2) is 9.59 Å². The first-order chi connectivity index (χ1) is 6.97. The summed E-state index contributed by atoms with van der Waals surface area (Å²) < 4.78 is 0. The number of rotatable bonds is 3. The number of nitrogens with zero attached hydrogens (tertiary/aromatic N) is 1. The van der Waals surface area contributed by atoms with E-state index in [4.69, 9.17) is 5.41 Å². The third kappa shape index (κ3) is 6.48. The van der Waals surface area contributed by atoms with Gasteiger partial charge in [0.15, 0.2) is 5.84 Å². The van der Waals surface area contributed by atoms with Crippen molar-refractivity contribution in [2.24, 2.45) is 0 Å². The number of unbranched alkanes of at least 4 members (excludes halogenated alkanes) is 1. The van der Waals surface area contributed by atoms with Gasteiger partial charge in [-0.3, -0.25) is 5.41 Å². The van der Waals surface area contributed by atoms with E-state index in [1.807, 2.05) is 6.92 Å². The van der Waals surface area contributed by atoms with Crippen LogP contribution in [0.25, 0.3) is 0 Å². The molecule has 0 spiro atoms. The van der Waals surface area contributed by atoms with Crippen LogP contribution in [-0.4, -0.2) is 23.0 Å². The molecule has 0 rings (SSSR count). The van der Waals surface area contributed by atoms with Crippen molar-refractivity contribution in [1.29, 1.82) is 5.41 Å². The van der Waals surface area contributed by atoms with Crippen LogP contribution in [-0.2, 0) is 19.3 Å². The summed E-state index contributed by atoms with van der Waals surface area (Å²) in [6.45, 7) is 4.31. The fourth-order valence-electron chi connectivity index (χ4n) is 0.798. The predicted molar refractivity (Wildman–Crippen MR) is 52.6 cm³/mol. The zero-order valence-corrected chi connectivity index (χ0v) is 9.20. The molecule has 86 valence electrons. The molecule has 6 nitrogen and oxygen atoms in total. The summed E-state index contributed by atoms with van der Waals surface area (Å²) in [5, 5.41) is 8.06. The van der Waals surface area contributed by atoms with Crippen LogP contribution in [0.1, 0.15) is 40.0 Å². The summed E-state index contributed by atoms with van der Waals surface area (Å²) in [5.41, 5.74) is 0. The first kappa shape index (κ1) is 13.4. The lowest BCUT2D eigenvalue weighted by Gasteiger charge is -2.19. The molecule has 0 aliphatic carbocycles. The highest BCUT2D eigenvalue weighted by molar-refractivity contribution is 5.80. The molecule has 1 N–H and O–H groups in total. The van der Waals surface area contributed by atoms with Gasteiger partial charge >= 0.3 is 11.9 Å². The summed E-state index contributed by atoms with van der Waals surface area (Å²) in [6, 6.07) is 0. The minimum atomic E-state index is -0.641. The number of carbonyl (C=O) groups excluding carboxylic acids is 2. The number of hydroxylamine groups is 2. The molecule has 0 atom stereocenters. The van der Waals surface area contributed by atoms with Crippen molar-refractivity contribution in [3.8, 4) is 0 Å². The molecular weight excluding hydrogens is 200 g/mol. The van der Waals surface area contributed by atoms with Crippen LogP contribution >= 0.6 is 0 Å². The summed E-state index contributed by atoms with van der Waals surface area (Å²) >= 11 is 0. The lowest BCUT2D eigenvalue weighted by atomic mass is 10.2. The van der Waals surface area contributed by atoms with E-state index in [1.165, 1.54) is 13.8 Å². The van der Waals surface area contributed by atoms with Crippen molar-refractivity contribution in [3.63, 3.8) is 0 Å². The molecule has 0 aromatic rings. The average Bonchev–Trinajstić information content (AvgIpc) is 2.11.